The van der Waals surface area contributed by atoms with Gasteiger partial charge in [-0.3, -0.25) is 15.8 Å². The number of rotatable bonds is 2. The third-order valence-corrected chi connectivity index (χ3v) is 1.15. The molecule has 0 aliphatic rings. The Morgan fingerprint density at radius 2 is 2.43 bits per heavy atom. The molecule has 0 rings (SSSR count). The van der Waals surface area contributed by atoms with Crippen molar-refractivity contribution in [1.29, 1.82) is 0 Å². The van der Waals surface area contributed by atoms with Crippen LogP contribution < -0.4 is 11.3 Å². The summed E-state index contributed by atoms with van der Waals surface area (Å²) in [4.78, 5) is 8.43. The Morgan fingerprint density at radius 1 is 2.00 bits per heavy atom. The molecule has 0 saturated carbocycles. The highest BCUT2D eigenvalue weighted by atomic mass is 31.2. The second-order valence-corrected chi connectivity index (χ2v) is 3.83. The van der Waals surface area contributed by atoms with Gasteiger partial charge >= 0.3 is 0 Å². The van der Waals surface area contributed by atoms with E-state index in [0.717, 1.165) is 0 Å². The number of nitrogens with one attached hydrogen (secondary N) is 1. The smallest absolute Gasteiger partial charge is 0.212 e. The summed E-state index contributed by atoms with van der Waals surface area (Å²) in [5, 5.41) is 0. The molecule has 0 bridgehead atoms. The predicted molar refractivity (Wildman–Crippen MR) is 27.9 cm³/mol. The molecule has 4 N–H and O–H groups in total. The summed E-state index contributed by atoms with van der Waals surface area (Å²) >= 11 is 0. The van der Waals surface area contributed by atoms with Crippen molar-refractivity contribution in [2.75, 3.05) is 13.0 Å². The molecule has 0 heterocycles. The van der Waals surface area contributed by atoms with Crippen LogP contribution in [0.1, 0.15) is 0 Å². The largest absolute Gasteiger partial charge is 0.344 e. The van der Waals surface area contributed by atoms with Crippen LogP contribution >= 0.6 is 7.37 Å². The quantitative estimate of drug-likeness (QED) is 0.258. The maximum Gasteiger partial charge on any atom is 0.212 e. The minimum atomic E-state index is -2.90. The van der Waals surface area contributed by atoms with Gasteiger partial charge in [-0.25, -0.2) is 0 Å². The van der Waals surface area contributed by atoms with Crippen LogP contribution in [-0.2, 0) is 4.57 Å². The molecule has 1 unspecified atom stereocenters. The van der Waals surface area contributed by atoms with Crippen molar-refractivity contribution in [3.63, 3.8) is 0 Å². The average molecular weight is 124 g/mol. The third-order valence-electron chi connectivity index (χ3n) is 0.385. The van der Waals surface area contributed by atoms with E-state index in [1.165, 1.54) is 6.66 Å². The van der Waals surface area contributed by atoms with Crippen molar-refractivity contribution in [3.8, 4) is 0 Å². The van der Waals surface area contributed by atoms with Crippen molar-refractivity contribution < 1.29 is 9.46 Å². The molecular weight excluding hydrogens is 115 g/mol. The van der Waals surface area contributed by atoms with Gasteiger partial charge in [0.2, 0.25) is 7.37 Å². The Labute approximate surface area is 42.1 Å². The molecule has 0 fully saturated rings. The van der Waals surface area contributed by atoms with Crippen molar-refractivity contribution in [2.45, 2.75) is 0 Å². The highest BCUT2D eigenvalue weighted by Gasteiger charge is 2.05. The summed E-state index contributed by atoms with van der Waals surface area (Å²) in [7, 11) is -2.90. The lowest BCUT2D eigenvalue weighted by molar-refractivity contribution is 0.479. The first-order chi connectivity index (χ1) is 3.06. The van der Waals surface area contributed by atoms with Gasteiger partial charge in [0.25, 0.3) is 0 Å². The van der Waals surface area contributed by atoms with Crippen LogP contribution in [0.15, 0.2) is 0 Å². The molecule has 0 aromatic rings. The summed E-state index contributed by atoms with van der Waals surface area (Å²) in [6, 6.07) is 0. The van der Waals surface area contributed by atoms with Crippen LogP contribution in [0.25, 0.3) is 0 Å². The molecular formula is C2H9N2O2P. The van der Waals surface area contributed by atoms with Gasteiger partial charge in [0, 0.05) is 6.66 Å². The lowest BCUT2D eigenvalue weighted by Gasteiger charge is -2.00. The van der Waals surface area contributed by atoms with Gasteiger partial charge in [0.1, 0.15) is 0 Å². The Hall–Kier alpha value is 0.110. The summed E-state index contributed by atoms with van der Waals surface area (Å²) in [6.07, 6.45) is -0.0208. The normalized spacial score (nSPS) is 18.7. The van der Waals surface area contributed by atoms with Crippen molar-refractivity contribution >= 4 is 7.37 Å². The summed E-state index contributed by atoms with van der Waals surface area (Å²) < 4.78 is 10.2. The Morgan fingerprint density at radius 3 is 2.43 bits per heavy atom. The van der Waals surface area contributed by atoms with Gasteiger partial charge < -0.3 is 4.89 Å². The Kier molecular flexibility index (Phi) is 2.46. The monoisotopic (exact) mass is 124 g/mol. The standard InChI is InChI=1S/C2H9N2O2P/c1-7(5,6)2-4-3/h4H,2-3H2,1H3,(H,5,6). The second-order valence-electron chi connectivity index (χ2n) is 1.41. The molecule has 0 amide bonds. The average Bonchev–Trinajstić information content (AvgIpc) is 1.30. The van der Waals surface area contributed by atoms with Gasteiger partial charge in [0.05, 0.1) is 6.29 Å². The highest BCUT2D eigenvalue weighted by molar-refractivity contribution is 7.57. The lowest BCUT2D eigenvalue weighted by Crippen LogP contribution is -2.22. The molecule has 5 heteroatoms. The SMILES string of the molecule is CP(=O)(O)CNN. The number of hydrogen-bond donors (Lipinski definition) is 3. The van der Waals surface area contributed by atoms with E-state index in [4.69, 9.17) is 10.7 Å². The molecule has 0 aliphatic heterocycles. The molecule has 1 atom stereocenters. The highest BCUT2D eigenvalue weighted by Crippen LogP contribution is 2.32. The minimum Gasteiger partial charge on any atom is -0.344 e. The second kappa shape index (κ2) is 2.43. The zero-order valence-corrected chi connectivity index (χ0v) is 4.98. The van der Waals surface area contributed by atoms with Gasteiger partial charge in [-0.2, -0.15) is 0 Å². The Balaban J connectivity index is 3.36. The van der Waals surface area contributed by atoms with E-state index < -0.39 is 7.37 Å². The summed E-state index contributed by atoms with van der Waals surface area (Å²) in [5.41, 5.74) is 2.09. The fraction of sp³-hybridized carbons (Fsp3) is 1.00. The number of nitrogens with two attached hydrogens (primary N) is 1. The zero-order chi connectivity index (χ0) is 5.91. The van der Waals surface area contributed by atoms with Gasteiger partial charge in [-0.05, 0) is 0 Å². The topological polar surface area (TPSA) is 75.3 Å². The van der Waals surface area contributed by atoms with E-state index >= 15 is 0 Å². The van der Waals surface area contributed by atoms with E-state index in [9.17, 15) is 4.57 Å². The summed E-state index contributed by atoms with van der Waals surface area (Å²) in [6.45, 7) is 1.24. The zero-order valence-electron chi connectivity index (χ0n) is 4.09. The van der Waals surface area contributed by atoms with E-state index in [2.05, 4.69) is 5.43 Å². The first kappa shape index (κ1) is 7.11. The summed E-state index contributed by atoms with van der Waals surface area (Å²) in [5.74, 6) is 4.73. The fourth-order valence-electron chi connectivity index (χ4n) is 0.169. The van der Waals surface area contributed by atoms with Crippen LogP contribution in [0.4, 0.5) is 0 Å². The van der Waals surface area contributed by atoms with E-state index in [1.807, 2.05) is 0 Å². The lowest BCUT2D eigenvalue weighted by atomic mass is 11.5. The third kappa shape index (κ3) is 6.11. The first-order valence-electron chi connectivity index (χ1n) is 1.79. The van der Waals surface area contributed by atoms with Crippen LogP contribution in [0.5, 0.6) is 0 Å². The van der Waals surface area contributed by atoms with Crippen LogP contribution in [0, 0.1) is 0 Å². The van der Waals surface area contributed by atoms with Crippen LogP contribution in [0.2, 0.25) is 0 Å². The van der Waals surface area contributed by atoms with Gasteiger partial charge in [-0.1, -0.05) is 0 Å². The van der Waals surface area contributed by atoms with Gasteiger partial charge in [-0.15, -0.1) is 0 Å². The van der Waals surface area contributed by atoms with E-state index in [1.54, 1.807) is 0 Å². The minimum absolute atomic E-state index is 0.0208. The van der Waals surface area contributed by atoms with Gasteiger partial charge in [0.15, 0.2) is 0 Å². The maximum absolute atomic E-state index is 10.2. The molecule has 0 radical (unpaired) electrons. The molecule has 44 valence electrons. The maximum atomic E-state index is 10.2. The van der Waals surface area contributed by atoms with Crippen molar-refractivity contribution in [3.05, 3.63) is 0 Å². The fourth-order valence-corrected chi connectivity index (χ4v) is 0.508. The number of hydrogen-bond acceptors (Lipinski definition) is 3. The van der Waals surface area contributed by atoms with E-state index in [0.29, 0.717) is 0 Å². The van der Waals surface area contributed by atoms with Crippen LogP contribution in [-0.4, -0.2) is 17.8 Å². The molecule has 0 saturated heterocycles. The molecule has 0 aromatic carbocycles. The predicted octanol–water partition coefficient (Wildman–Crippen LogP) is -0.693. The molecule has 4 nitrogen and oxygen atoms in total. The van der Waals surface area contributed by atoms with E-state index in [-0.39, 0.29) is 6.29 Å². The molecule has 0 spiro atoms. The molecule has 0 aliphatic carbocycles. The molecule has 7 heavy (non-hydrogen) atoms. The number of hydrazine groups is 1. The first-order valence-corrected chi connectivity index (χ1v) is 4.08. The van der Waals surface area contributed by atoms with Crippen LogP contribution in [0.3, 0.4) is 0 Å². The van der Waals surface area contributed by atoms with Crippen molar-refractivity contribution in [1.82, 2.24) is 5.43 Å². The van der Waals surface area contributed by atoms with Crippen molar-refractivity contribution in [2.24, 2.45) is 5.84 Å². The molecule has 0 aromatic heterocycles. The Bertz CT molecular complexity index is 87.7.